The molecule has 1 unspecified atom stereocenters. The zero-order valence-electron chi connectivity index (χ0n) is 18.7. The first-order chi connectivity index (χ1) is 15.6. The van der Waals surface area contributed by atoms with Crippen LogP contribution in [0.3, 0.4) is 0 Å². The summed E-state index contributed by atoms with van der Waals surface area (Å²) in [7, 11) is 0. The largest absolute Gasteiger partial charge is 0.494 e. The summed E-state index contributed by atoms with van der Waals surface area (Å²) >= 11 is 0. The van der Waals surface area contributed by atoms with E-state index in [1.165, 1.54) is 37.8 Å². The zero-order chi connectivity index (χ0) is 22.8. The van der Waals surface area contributed by atoms with Crippen molar-refractivity contribution in [2.75, 3.05) is 6.61 Å². The number of unbranched alkanes of at least 4 members (excludes halogenated alkanes) is 5. The third-order valence-electron chi connectivity index (χ3n) is 5.64. The summed E-state index contributed by atoms with van der Waals surface area (Å²) in [5, 5.41) is 20.3. The molecule has 2 N–H and O–H groups in total. The molecule has 0 aromatic heterocycles. The number of ether oxygens (including phenoxy) is 1. The molecule has 3 rings (SSSR count). The number of aromatic carboxylic acids is 1. The number of carboxylic acid groups (broad SMARTS) is 1. The lowest BCUT2D eigenvalue weighted by Gasteiger charge is -2.18. The number of hydrogen-bond acceptors (Lipinski definition) is 3. The molecule has 32 heavy (non-hydrogen) atoms. The van der Waals surface area contributed by atoms with E-state index in [1.807, 2.05) is 48.5 Å². The van der Waals surface area contributed by atoms with Gasteiger partial charge in [-0.15, -0.1) is 0 Å². The van der Waals surface area contributed by atoms with Crippen LogP contribution < -0.4 is 4.74 Å². The van der Waals surface area contributed by atoms with E-state index in [1.54, 1.807) is 12.1 Å². The van der Waals surface area contributed by atoms with Crippen molar-refractivity contribution in [1.29, 1.82) is 0 Å². The Balaban J connectivity index is 1.79. The molecule has 0 aliphatic rings. The van der Waals surface area contributed by atoms with Crippen LogP contribution in [0.5, 0.6) is 5.75 Å². The van der Waals surface area contributed by atoms with Gasteiger partial charge in [-0.2, -0.15) is 0 Å². The lowest BCUT2D eigenvalue weighted by molar-refractivity contribution is 0.0696. The lowest BCUT2D eigenvalue weighted by Crippen LogP contribution is -2.05. The minimum Gasteiger partial charge on any atom is -0.494 e. The Bertz CT molecular complexity index is 980. The molecule has 1 atom stereocenters. The van der Waals surface area contributed by atoms with Crippen LogP contribution in [0.15, 0.2) is 72.8 Å². The molecular formula is C28H32O4. The smallest absolute Gasteiger partial charge is 0.335 e. The molecule has 3 aromatic carbocycles. The summed E-state index contributed by atoms with van der Waals surface area (Å²) in [6.45, 7) is 2.87. The van der Waals surface area contributed by atoms with E-state index in [2.05, 4.69) is 6.92 Å². The normalized spacial score (nSPS) is 11.8. The SMILES string of the molecule is CCCCCCCCOc1ccc(-c2ccccc2)c(C(O)c2ccc(C(=O)O)cc2)c1. The highest BCUT2D eigenvalue weighted by Crippen LogP contribution is 2.34. The number of benzene rings is 3. The molecule has 0 aliphatic carbocycles. The molecule has 0 heterocycles. The van der Waals surface area contributed by atoms with Gasteiger partial charge in [-0.3, -0.25) is 0 Å². The Kier molecular flexibility index (Phi) is 8.88. The van der Waals surface area contributed by atoms with E-state index in [0.717, 1.165) is 35.3 Å². The highest BCUT2D eigenvalue weighted by molar-refractivity contribution is 5.87. The van der Waals surface area contributed by atoms with Gasteiger partial charge in [-0.05, 0) is 52.9 Å². The summed E-state index contributed by atoms with van der Waals surface area (Å²) in [4.78, 5) is 11.2. The minimum atomic E-state index is -0.985. The van der Waals surface area contributed by atoms with E-state index in [0.29, 0.717) is 12.2 Å². The fourth-order valence-electron chi connectivity index (χ4n) is 3.80. The first kappa shape index (κ1) is 23.6. The van der Waals surface area contributed by atoms with Crippen molar-refractivity contribution in [2.24, 2.45) is 0 Å². The van der Waals surface area contributed by atoms with Gasteiger partial charge in [0, 0.05) is 0 Å². The maximum absolute atomic E-state index is 11.2. The average molecular weight is 433 g/mol. The highest BCUT2D eigenvalue weighted by Gasteiger charge is 2.18. The predicted octanol–water partition coefficient (Wildman–Crippen LogP) is 6.87. The third-order valence-corrected chi connectivity index (χ3v) is 5.64. The molecule has 4 heteroatoms. The molecule has 168 valence electrons. The first-order valence-electron chi connectivity index (χ1n) is 11.4. The van der Waals surface area contributed by atoms with Crippen LogP contribution in [-0.4, -0.2) is 22.8 Å². The van der Waals surface area contributed by atoms with E-state index >= 15 is 0 Å². The molecule has 0 aliphatic heterocycles. The van der Waals surface area contributed by atoms with Crippen LogP contribution in [0.25, 0.3) is 11.1 Å². The summed E-state index contributed by atoms with van der Waals surface area (Å²) in [6.07, 6.45) is 6.32. The molecule has 0 saturated carbocycles. The first-order valence-corrected chi connectivity index (χ1v) is 11.4. The summed E-state index contributed by atoms with van der Waals surface area (Å²) in [5.74, 6) is -0.254. The summed E-state index contributed by atoms with van der Waals surface area (Å²) < 4.78 is 5.99. The second-order valence-corrected chi connectivity index (χ2v) is 8.06. The summed E-state index contributed by atoms with van der Waals surface area (Å²) in [6, 6.07) is 22.1. The molecule has 0 fully saturated rings. The lowest BCUT2D eigenvalue weighted by atomic mass is 9.92. The van der Waals surface area contributed by atoms with E-state index in [9.17, 15) is 9.90 Å². The third kappa shape index (κ3) is 6.44. The van der Waals surface area contributed by atoms with Crippen molar-refractivity contribution >= 4 is 5.97 Å². The fraction of sp³-hybridized carbons (Fsp3) is 0.321. The molecule has 4 nitrogen and oxygen atoms in total. The topological polar surface area (TPSA) is 66.8 Å². The monoisotopic (exact) mass is 432 g/mol. The number of carboxylic acids is 1. The van der Waals surface area contributed by atoms with Crippen molar-refractivity contribution in [1.82, 2.24) is 0 Å². The Morgan fingerprint density at radius 3 is 2.25 bits per heavy atom. The predicted molar refractivity (Wildman–Crippen MR) is 128 cm³/mol. The quantitative estimate of drug-likeness (QED) is 0.306. The van der Waals surface area contributed by atoms with Crippen LogP contribution in [0.4, 0.5) is 0 Å². The second-order valence-electron chi connectivity index (χ2n) is 8.06. The maximum Gasteiger partial charge on any atom is 0.335 e. The molecule has 0 bridgehead atoms. The van der Waals surface area contributed by atoms with Crippen molar-refractivity contribution in [3.63, 3.8) is 0 Å². The van der Waals surface area contributed by atoms with E-state index in [4.69, 9.17) is 9.84 Å². The molecular weight excluding hydrogens is 400 g/mol. The standard InChI is InChI=1S/C28H32O4/c1-2-3-4-5-6-10-19-32-24-17-18-25(21-11-8-7-9-12-21)26(20-24)27(29)22-13-15-23(16-14-22)28(30)31/h7-9,11-18,20,27,29H,2-6,10,19H2,1H3,(H,30,31). The Labute approximate surface area is 190 Å². The van der Waals surface area contributed by atoms with Gasteiger partial charge < -0.3 is 14.9 Å². The Morgan fingerprint density at radius 1 is 0.875 bits per heavy atom. The zero-order valence-corrected chi connectivity index (χ0v) is 18.7. The number of aliphatic hydroxyl groups excluding tert-OH is 1. The van der Waals surface area contributed by atoms with Crippen LogP contribution in [0.1, 0.15) is 73.0 Å². The Morgan fingerprint density at radius 2 is 1.56 bits per heavy atom. The van der Waals surface area contributed by atoms with Gasteiger partial charge >= 0.3 is 5.97 Å². The van der Waals surface area contributed by atoms with Crippen LogP contribution >= 0.6 is 0 Å². The van der Waals surface area contributed by atoms with E-state index in [-0.39, 0.29) is 5.56 Å². The van der Waals surface area contributed by atoms with Crippen molar-refractivity contribution in [2.45, 2.75) is 51.6 Å². The van der Waals surface area contributed by atoms with Gasteiger partial charge in [-0.1, -0.05) is 87.6 Å². The van der Waals surface area contributed by atoms with Crippen LogP contribution in [-0.2, 0) is 0 Å². The summed E-state index contributed by atoms with van der Waals surface area (Å²) in [5.41, 5.74) is 3.50. The van der Waals surface area contributed by atoms with Gasteiger partial charge in [0.25, 0.3) is 0 Å². The number of carbonyl (C=O) groups is 1. The van der Waals surface area contributed by atoms with Crippen LogP contribution in [0.2, 0.25) is 0 Å². The number of aliphatic hydroxyl groups is 1. The molecule has 3 aromatic rings. The van der Waals surface area contributed by atoms with Gasteiger partial charge in [0.1, 0.15) is 11.9 Å². The second kappa shape index (κ2) is 12.1. The van der Waals surface area contributed by atoms with Crippen molar-refractivity contribution in [3.8, 4) is 16.9 Å². The van der Waals surface area contributed by atoms with Gasteiger partial charge in [0.2, 0.25) is 0 Å². The number of rotatable bonds is 12. The van der Waals surface area contributed by atoms with Crippen molar-refractivity contribution in [3.05, 3.63) is 89.5 Å². The highest BCUT2D eigenvalue weighted by atomic mass is 16.5. The molecule has 0 saturated heterocycles. The van der Waals surface area contributed by atoms with E-state index < -0.39 is 12.1 Å². The fourth-order valence-corrected chi connectivity index (χ4v) is 3.80. The van der Waals surface area contributed by atoms with Crippen LogP contribution in [0, 0.1) is 0 Å². The Hall–Kier alpha value is -3.11. The van der Waals surface area contributed by atoms with Gasteiger partial charge in [-0.25, -0.2) is 4.79 Å². The molecule has 0 amide bonds. The van der Waals surface area contributed by atoms with Gasteiger partial charge in [0.15, 0.2) is 0 Å². The van der Waals surface area contributed by atoms with Gasteiger partial charge in [0.05, 0.1) is 12.2 Å². The molecule has 0 radical (unpaired) electrons. The van der Waals surface area contributed by atoms with Crippen molar-refractivity contribution < 1.29 is 19.7 Å². The molecule has 0 spiro atoms. The number of hydrogen-bond donors (Lipinski definition) is 2. The maximum atomic E-state index is 11.2. The minimum absolute atomic E-state index is 0.195. The average Bonchev–Trinajstić information content (AvgIpc) is 2.83.